The zero-order valence-corrected chi connectivity index (χ0v) is 18.7. The highest BCUT2D eigenvalue weighted by Gasteiger charge is 2.13. The van der Waals surface area contributed by atoms with E-state index < -0.39 is 0 Å². The molecule has 0 saturated carbocycles. The summed E-state index contributed by atoms with van der Waals surface area (Å²) in [5.41, 5.74) is 2.50. The minimum Gasteiger partial charge on any atom is -0.489 e. The number of rotatable bonds is 7. The molecule has 0 saturated heterocycles. The number of carbonyl (C=O) groups is 2. The molecule has 0 spiro atoms. The van der Waals surface area contributed by atoms with Gasteiger partial charge in [0.25, 0.3) is 0 Å². The highest BCUT2D eigenvalue weighted by molar-refractivity contribution is 6.49. The lowest BCUT2D eigenvalue weighted by Gasteiger charge is -2.07. The molecule has 0 fully saturated rings. The molecule has 0 aromatic heterocycles. The Morgan fingerprint density at radius 3 is 2.19 bits per heavy atom. The van der Waals surface area contributed by atoms with Crippen LogP contribution in [0.15, 0.2) is 66.7 Å². The number of methoxy groups -OCH3 is 1. The first-order valence-corrected chi connectivity index (χ1v) is 10.3. The number of ketones is 1. The number of allylic oxidation sites excluding steroid dienone is 1. The predicted octanol–water partition coefficient (Wildman–Crippen LogP) is 6.91. The van der Waals surface area contributed by atoms with Crippen molar-refractivity contribution in [1.29, 1.82) is 0 Å². The number of carbonyl (C=O) groups excluding carboxylic acids is 2. The lowest BCUT2D eigenvalue weighted by atomic mass is 10.1. The van der Waals surface area contributed by atoms with E-state index in [1.165, 1.54) is 25.3 Å². The van der Waals surface area contributed by atoms with Crippen molar-refractivity contribution < 1.29 is 19.1 Å². The molecule has 0 aliphatic rings. The lowest BCUT2D eigenvalue weighted by molar-refractivity contribution is 0.0600. The van der Waals surface area contributed by atoms with E-state index in [1.807, 2.05) is 24.3 Å². The molecule has 4 nitrogen and oxygen atoms in total. The van der Waals surface area contributed by atoms with Crippen LogP contribution in [-0.4, -0.2) is 18.9 Å². The number of hydrogen-bond donors (Lipinski definition) is 0. The van der Waals surface area contributed by atoms with Crippen LogP contribution in [0, 0.1) is 0 Å². The second-order valence-electron chi connectivity index (χ2n) is 6.47. The first kappa shape index (κ1) is 22.9. The Labute approximate surface area is 195 Å². The fourth-order valence-corrected chi connectivity index (χ4v) is 3.30. The van der Waals surface area contributed by atoms with Crippen LogP contribution in [0.3, 0.4) is 0 Å². The third-order valence-electron chi connectivity index (χ3n) is 4.39. The smallest absolute Gasteiger partial charge is 0.337 e. The third kappa shape index (κ3) is 5.88. The van der Waals surface area contributed by atoms with Crippen LogP contribution >= 0.6 is 34.8 Å². The molecular weight excluding hydrogens is 459 g/mol. The molecule has 0 bridgehead atoms. The van der Waals surface area contributed by atoms with Gasteiger partial charge in [0.05, 0.1) is 27.7 Å². The molecule has 0 unspecified atom stereocenters. The maximum Gasteiger partial charge on any atom is 0.337 e. The Morgan fingerprint density at radius 2 is 1.55 bits per heavy atom. The molecule has 3 aromatic rings. The molecule has 3 rings (SSSR count). The van der Waals surface area contributed by atoms with E-state index in [-0.39, 0.29) is 27.4 Å². The molecule has 0 radical (unpaired) electrons. The summed E-state index contributed by atoms with van der Waals surface area (Å²) >= 11 is 18.0. The van der Waals surface area contributed by atoms with Crippen LogP contribution in [0.1, 0.15) is 31.8 Å². The fraction of sp³-hybridized carbons (Fsp3) is 0.0833. The Morgan fingerprint density at radius 1 is 0.871 bits per heavy atom. The van der Waals surface area contributed by atoms with E-state index in [4.69, 9.17) is 39.5 Å². The van der Waals surface area contributed by atoms with Crippen molar-refractivity contribution in [2.45, 2.75) is 6.61 Å². The van der Waals surface area contributed by atoms with Gasteiger partial charge in [0, 0.05) is 5.56 Å². The molecule has 7 heteroatoms. The van der Waals surface area contributed by atoms with Crippen molar-refractivity contribution in [3.63, 3.8) is 0 Å². The van der Waals surface area contributed by atoms with Crippen LogP contribution in [0.2, 0.25) is 15.1 Å². The Kier molecular flexibility index (Phi) is 7.75. The number of esters is 1. The Balaban J connectivity index is 1.59. The van der Waals surface area contributed by atoms with Gasteiger partial charge in [-0.1, -0.05) is 65.1 Å². The van der Waals surface area contributed by atoms with E-state index in [2.05, 4.69) is 4.74 Å². The van der Waals surface area contributed by atoms with Crippen molar-refractivity contribution >= 4 is 52.6 Å². The lowest BCUT2D eigenvalue weighted by Crippen LogP contribution is -2.01. The topological polar surface area (TPSA) is 52.6 Å². The molecule has 0 heterocycles. The highest BCUT2D eigenvalue weighted by Crippen LogP contribution is 2.33. The maximum atomic E-state index is 12.4. The molecule has 3 aromatic carbocycles. The number of ether oxygens (including phenoxy) is 2. The summed E-state index contributed by atoms with van der Waals surface area (Å²) in [6, 6.07) is 17.3. The normalized spacial score (nSPS) is 10.8. The van der Waals surface area contributed by atoms with Gasteiger partial charge in [-0.2, -0.15) is 0 Å². The fourth-order valence-electron chi connectivity index (χ4n) is 2.67. The van der Waals surface area contributed by atoms with Gasteiger partial charge in [0.15, 0.2) is 5.78 Å². The quantitative estimate of drug-likeness (QED) is 0.161. The van der Waals surface area contributed by atoms with E-state index in [1.54, 1.807) is 30.3 Å². The monoisotopic (exact) mass is 474 g/mol. The summed E-state index contributed by atoms with van der Waals surface area (Å²) in [7, 11) is 1.34. The van der Waals surface area contributed by atoms with Gasteiger partial charge in [-0.05, 0) is 53.6 Å². The number of benzene rings is 3. The first-order valence-electron chi connectivity index (χ1n) is 9.15. The van der Waals surface area contributed by atoms with Crippen molar-refractivity contribution in [3.8, 4) is 5.75 Å². The Hall–Kier alpha value is -2.79. The molecule has 0 N–H and O–H groups in total. The Bertz CT molecular complexity index is 1120. The van der Waals surface area contributed by atoms with Gasteiger partial charge in [-0.25, -0.2) is 4.79 Å². The van der Waals surface area contributed by atoms with Crippen LogP contribution in [0.4, 0.5) is 0 Å². The summed E-state index contributed by atoms with van der Waals surface area (Å²) in [6.45, 7) is 0.352. The van der Waals surface area contributed by atoms with Gasteiger partial charge in [-0.3, -0.25) is 4.79 Å². The van der Waals surface area contributed by atoms with Gasteiger partial charge in [-0.15, -0.1) is 0 Å². The first-order chi connectivity index (χ1) is 14.9. The second kappa shape index (κ2) is 10.5. The standard InChI is InChI=1S/C24H17Cl3O4/c1-30-24(29)17-7-2-16(3-8-17)14-31-18-9-4-15(5-10-18)6-13-21(28)19-11-12-20(25)23(27)22(19)26/h2-13H,14H2,1H3. The van der Waals surface area contributed by atoms with E-state index in [0.29, 0.717) is 22.9 Å². The zero-order valence-electron chi connectivity index (χ0n) is 16.4. The maximum absolute atomic E-state index is 12.4. The molecule has 0 amide bonds. The molecule has 0 atom stereocenters. The highest BCUT2D eigenvalue weighted by atomic mass is 35.5. The van der Waals surface area contributed by atoms with Crippen molar-refractivity contribution in [2.24, 2.45) is 0 Å². The molecular formula is C24H17Cl3O4. The van der Waals surface area contributed by atoms with Gasteiger partial charge in [0.2, 0.25) is 0 Å². The minimum absolute atomic E-state index is 0.132. The SMILES string of the molecule is COC(=O)c1ccc(COc2ccc(C=CC(=O)c3ccc(Cl)c(Cl)c3Cl)cc2)cc1. The summed E-state index contributed by atoms with van der Waals surface area (Å²) in [5.74, 6) is 0.0170. The molecule has 0 aliphatic carbocycles. The summed E-state index contributed by atoms with van der Waals surface area (Å²) < 4.78 is 10.4. The van der Waals surface area contributed by atoms with E-state index >= 15 is 0 Å². The summed E-state index contributed by atoms with van der Waals surface area (Å²) in [5, 5.41) is 0.582. The van der Waals surface area contributed by atoms with Crippen molar-refractivity contribution in [1.82, 2.24) is 0 Å². The van der Waals surface area contributed by atoms with Gasteiger partial charge in [0.1, 0.15) is 12.4 Å². The van der Waals surface area contributed by atoms with Crippen molar-refractivity contribution in [3.05, 3.63) is 104 Å². The van der Waals surface area contributed by atoms with E-state index in [9.17, 15) is 9.59 Å². The number of hydrogen-bond acceptors (Lipinski definition) is 4. The molecule has 0 aliphatic heterocycles. The summed E-state index contributed by atoms with van der Waals surface area (Å²) in [4.78, 5) is 23.8. The second-order valence-corrected chi connectivity index (χ2v) is 7.63. The molecule has 31 heavy (non-hydrogen) atoms. The van der Waals surface area contributed by atoms with E-state index in [0.717, 1.165) is 11.1 Å². The average molecular weight is 476 g/mol. The van der Waals surface area contributed by atoms with Crippen LogP contribution < -0.4 is 4.74 Å². The van der Waals surface area contributed by atoms with Crippen LogP contribution in [0.5, 0.6) is 5.75 Å². The van der Waals surface area contributed by atoms with Gasteiger partial charge >= 0.3 is 5.97 Å². The van der Waals surface area contributed by atoms with Gasteiger partial charge < -0.3 is 9.47 Å². The van der Waals surface area contributed by atoms with Crippen LogP contribution in [0.25, 0.3) is 6.08 Å². The third-order valence-corrected chi connectivity index (χ3v) is 5.68. The minimum atomic E-state index is -0.379. The number of halogens is 3. The predicted molar refractivity (Wildman–Crippen MR) is 123 cm³/mol. The summed E-state index contributed by atoms with van der Waals surface area (Å²) in [6.07, 6.45) is 3.10. The average Bonchev–Trinajstić information content (AvgIpc) is 2.80. The largest absolute Gasteiger partial charge is 0.489 e. The van der Waals surface area contributed by atoms with Crippen LogP contribution in [-0.2, 0) is 11.3 Å². The van der Waals surface area contributed by atoms with Crippen molar-refractivity contribution in [2.75, 3.05) is 7.11 Å². The zero-order chi connectivity index (χ0) is 22.4. The molecule has 158 valence electrons.